The van der Waals surface area contributed by atoms with E-state index in [1.54, 1.807) is 13.1 Å². The second-order valence-corrected chi connectivity index (χ2v) is 10.2. The van der Waals surface area contributed by atoms with Gasteiger partial charge in [0.05, 0.1) is 34.9 Å². The zero-order valence-corrected chi connectivity index (χ0v) is 24.3. The average molecular weight is 672 g/mol. The number of nitrogens with zero attached hydrogens (tertiary/aromatic N) is 2. The molecule has 0 aliphatic carbocycles. The zero-order valence-electron chi connectivity index (χ0n) is 23.6. The molecule has 0 bridgehead atoms. The van der Waals surface area contributed by atoms with Gasteiger partial charge in [-0.2, -0.15) is 0 Å². The molecule has 3 aromatic carbocycles. The SMILES string of the molecule is CNCc1ccc2c(c1)N(C(=O)OCc1c(F)c(F)c(F)c(F)c1F)[C@H](CN=C(N)N)[C@H]2NC(=O)C(=O)Nc1ccc(Cl)c(F)c1. The Kier molecular flexibility index (Phi) is 10.3. The number of carbonyl (C=O) groups excluding carboxylic acids is 3. The standard InChI is InChI=1S/C28H24ClF6N7O4/c1-38-8-11-2-4-13-17(6-11)42(28(45)46-10-14-19(31)21(33)23(35)22(34)20(14)32)18(9-39-27(36)37)24(13)41-26(44)25(43)40-12-3-5-15(29)16(30)7-12/h2-7,18,24,38H,8-10H2,1H3,(H,40,43)(H,41,44)(H4,36,37,39)/t18-,24+/m1/s1. The summed E-state index contributed by atoms with van der Waals surface area (Å²) >= 11 is 5.64. The van der Waals surface area contributed by atoms with Gasteiger partial charge in [0.15, 0.2) is 29.2 Å². The largest absolute Gasteiger partial charge is 0.444 e. The van der Waals surface area contributed by atoms with Gasteiger partial charge in [-0.25, -0.2) is 31.1 Å². The second kappa shape index (κ2) is 13.9. The van der Waals surface area contributed by atoms with Gasteiger partial charge in [-0.05, 0) is 36.9 Å². The Balaban J connectivity index is 1.68. The summed E-state index contributed by atoms with van der Waals surface area (Å²) in [5.74, 6) is -15.0. The first-order chi connectivity index (χ1) is 21.7. The van der Waals surface area contributed by atoms with Crippen LogP contribution >= 0.6 is 11.6 Å². The summed E-state index contributed by atoms with van der Waals surface area (Å²) in [4.78, 5) is 44.0. The van der Waals surface area contributed by atoms with Crippen LogP contribution in [0.1, 0.15) is 22.7 Å². The third-order valence-electron chi connectivity index (χ3n) is 6.76. The molecule has 0 unspecified atom stereocenters. The van der Waals surface area contributed by atoms with Crippen molar-refractivity contribution < 1.29 is 45.5 Å². The second-order valence-electron chi connectivity index (χ2n) is 9.76. The van der Waals surface area contributed by atoms with Gasteiger partial charge in [-0.15, -0.1) is 0 Å². The number of aliphatic imine (C=N–C) groups is 1. The Hall–Kier alpha value is -5.03. The van der Waals surface area contributed by atoms with Crippen LogP contribution in [0.5, 0.6) is 0 Å². The number of ether oxygens (including phenoxy) is 1. The Morgan fingerprint density at radius 3 is 2.20 bits per heavy atom. The maximum Gasteiger partial charge on any atom is 0.415 e. The van der Waals surface area contributed by atoms with Crippen molar-refractivity contribution in [3.05, 3.63) is 93.0 Å². The van der Waals surface area contributed by atoms with Gasteiger partial charge in [0.1, 0.15) is 12.4 Å². The fraction of sp³-hybridized carbons (Fsp3) is 0.214. The van der Waals surface area contributed by atoms with E-state index < -0.39 is 89.6 Å². The molecule has 46 heavy (non-hydrogen) atoms. The summed E-state index contributed by atoms with van der Waals surface area (Å²) in [5, 5.41) is 7.34. The van der Waals surface area contributed by atoms with E-state index in [0.717, 1.165) is 17.0 Å². The molecule has 0 saturated heterocycles. The number of nitrogens with two attached hydrogens (primary N) is 2. The molecule has 0 aromatic heterocycles. The van der Waals surface area contributed by atoms with Gasteiger partial charge in [-0.3, -0.25) is 19.5 Å². The van der Waals surface area contributed by atoms with Crippen molar-refractivity contribution in [1.82, 2.24) is 10.6 Å². The number of rotatable bonds is 8. The minimum Gasteiger partial charge on any atom is -0.444 e. The third kappa shape index (κ3) is 6.94. The molecule has 18 heteroatoms. The molecule has 0 fully saturated rings. The summed E-state index contributed by atoms with van der Waals surface area (Å²) in [6.07, 6.45) is -1.35. The van der Waals surface area contributed by atoms with E-state index in [4.69, 9.17) is 27.8 Å². The van der Waals surface area contributed by atoms with Crippen LogP contribution in [-0.2, 0) is 27.5 Å². The van der Waals surface area contributed by atoms with Crippen molar-refractivity contribution >= 4 is 46.8 Å². The Labute approximate surface area is 261 Å². The highest BCUT2D eigenvalue weighted by molar-refractivity contribution is 6.39. The predicted octanol–water partition coefficient (Wildman–Crippen LogP) is 3.49. The molecule has 0 saturated carbocycles. The van der Waals surface area contributed by atoms with E-state index in [1.807, 2.05) is 0 Å². The lowest BCUT2D eigenvalue weighted by Gasteiger charge is -2.27. The summed E-state index contributed by atoms with van der Waals surface area (Å²) in [6, 6.07) is 5.45. The van der Waals surface area contributed by atoms with Gasteiger partial charge < -0.3 is 32.2 Å². The van der Waals surface area contributed by atoms with Gasteiger partial charge in [0, 0.05) is 17.8 Å². The van der Waals surface area contributed by atoms with Crippen molar-refractivity contribution in [3.63, 3.8) is 0 Å². The number of amides is 3. The molecular weight excluding hydrogens is 648 g/mol. The Bertz CT molecular complexity index is 1710. The Morgan fingerprint density at radius 1 is 0.935 bits per heavy atom. The molecule has 7 N–H and O–H groups in total. The highest BCUT2D eigenvalue weighted by Gasteiger charge is 2.44. The van der Waals surface area contributed by atoms with E-state index in [2.05, 4.69) is 20.9 Å². The van der Waals surface area contributed by atoms with Crippen LogP contribution in [0.25, 0.3) is 0 Å². The highest BCUT2D eigenvalue weighted by atomic mass is 35.5. The van der Waals surface area contributed by atoms with Crippen molar-refractivity contribution in [2.24, 2.45) is 16.5 Å². The minimum absolute atomic E-state index is 0.0800. The molecule has 2 atom stereocenters. The van der Waals surface area contributed by atoms with Gasteiger partial charge in [0.25, 0.3) is 0 Å². The topological polar surface area (TPSA) is 164 Å². The van der Waals surface area contributed by atoms with Crippen LogP contribution in [0.15, 0.2) is 41.4 Å². The maximum atomic E-state index is 14.3. The number of fused-ring (bicyclic) bond motifs is 1. The normalized spacial score (nSPS) is 15.3. The number of carbonyl (C=O) groups is 3. The van der Waals surface area contributed by atoms with E-state index >= 15 is 0 Å². The van der Waals surface area contributed by atoms with E-state index in [9.17, 15) is 40.7 Å². The summed E-state index contributed by atoms with van der Waals surface area (Å²) in [6.45, 7) is -1.51. The van der Waals surface area contributed by atoms with Crippen LogP contribution < -0.4 is 32.3 Å². The number of benzene rings is 3. The van der Waals surface area contributed by atoms with Crippen molar-refractivity contribution in [2.75, 3.05) is 23.8 Å². The molecule has 11 nitrogen and oxygen atoms in total. The molecule has 3 amide bonds. The van der Waals surface area contributed by atoms with Crippen LogP contribution in [0.2, 0.25) is 5.02 Å². The minimum atomic E-state index is -2.39. The molecule has 1 aliphatic heterocycles. The molecule has 3 aromatic rings. The molecule has 1 heterocycles. The molecule has 1 aliphatic rings. The fourth-order valence-electron chi connectivity index (χ4n) is 4.65. The number of anilines is 2. The quantitative estimate of drug-likeness (QED) is 0.0611. The number of nitrogens with one attached hydrogen (secondary N) is 3. The summed E-state index contributed by atoms with van der Waals surface area (Å²) in [5.41, 5.74) is 10.4. The number of hydrogen-bond acceptors (Lipinski definition) is 6. The molecule has 4 rings (SSSR count). The highest BCUT2D eigenvalue weighted by Crippen LogP contribution is 2.41. The van der Waals surface area contributed by atoms with Crippen LogP contribution in [0.4, 0.5) is 42.5 Å². The summed E-state index contributed by atoms with van der Waals surface area (Å²) < 4.78 is 88.4. The average Bonchev–Trinajstić information content (AvgIpc) is 3.31. The number of hydrogen-bond donors (Lipinski definition) is 5. The lowest BCUT2D eigenvalue weighted by atomic mass is 10.0. The lowest BCUT2D eigenvalue weighted by Crippen LogP contribution is -2.48. The first-order valence-corrected chi connectivity index (χ1v) is 13.5. The maximum absolute atomic E-state index is 14.3. The van der Waals surface area contributed by atoms with E-state index in [1.165, 1.54) is 18.2 Å². The smallest absolute Gasteiger partial charge is 0.415 e. The lowest BCUT2D eigenvalue weighted by molar-refractivity contribution is -0.136. The van der Waals surface area contributed by atoms with Gasteiger partial charge >= 0.3 is 17.9 Å². The first kappa shape index (κ1) is 33.9. The van der Waals surface area contributed by atoms with Crippen molar-refractivity contribution in [3.8, 4) is 0 Å². The predicted molar refractivity (Wildman–Crippen MR) is 153 cm³/mol. The van der Waals surface area contributed by atoms with Crippen molar-refractivity contribution in [1.29, 1.82) is 0 Å². The van der Waals surface area contributed by atoms with Gasteiger partial charge in [-0.1, -0.05) is 23.7 Å². The zero-order chi connectivity index (χ0) is 33.9. The van der Waals surface area contributed by atoms with Crippen LogP contribution in [-0.4, -0.2) is 43.5 Å². The van der Waals surface area contributed by atoms with E-state index in [-0.39, 0.29) is 28.5 Å². The van der Waals surface area contributed by atoms with Crippen LogP contribution in [0.3, 0.4) is 0 Å². The van der Waals surface area contributed by atoms with Gasteiger partial charge in [0.2, 0.25) is 5.82 Å². The van der Waals surface area contributed by atoms with Crippen molar-refractivity contribution in [2.45, 2.75) is 25.2 Å². The first-order valence-electron chi connectivity index (χ1n) is 13.1. The third-order valence-corrected chi connectivity index (χ3v) is 7.06. The fourth-order valence-corrected chi connectivity index (χ4v) is 4.77. The number of guanidine groups is 1. The van der Waals surface area contributed by atoms with Crippen LogP contribution in [0, 0.1) is 34.9 Å². The Morgan fingerprint density at radius 2 is 1.59 bits per heavy atom. The van der Waals surface area contributed by atoms with E-state index in [0.29, 0.717) is 5.56 Å². The summed E-state index contributed by atoms with van der Waals surface area (Å²) in [7, 11) is 1.64. The molecule has 0 radical (unpaired) electrons. The number of halogens is 7. The molecule has 244 valence electrons. The molecule has 0 spiro atoms. The monoisotopic (exact) mass is 671 g/mol. The molecular formula is C28H24ClF6N7O4.